The van der Waals surface area contributed by atoms with Crippen LogP contribution in [0.5, 0.6) is 0 Å². The van der Waals surface area contributed by atoms with E-state index in [1.54, 1.807) is 0 Å². The van der Waals surface area contributed by atoms with E-state index in [0.29, 0.717) is 25.3 Å². The predicted octanol–water partition coefficient (Wildman–Crippen LogP) is 3.58. The van der Waals surface area contributed by atoms with E-state index in [1.165, 1.54) is 38.4 Å². The standard InChI is InChI=1S/C24H26N2O4S/c1-26(2)31(28,29)23-14-12-20(13-15-23)24(27)25-16-21-10-6-7-11-22(21)18-30-17-19-8-4-3-5-9-19/h3-15H,16-18H2,1-2H3,(H,25,27). The summed E-state index contributed by atoms with van der Waals surface area (Å²) in [6, 6.07) is 23.7. The van der Waals surface area contributed by atoms with Crippen LogP contribution in [0.3, 0.4) is 0 Å². The summed E-state index contributed by atoms with van der Waals surface area (Å²) in [7, 11) is -0.583. The Morgan fingerprint density at radius 2 is 1.45 bits per heavy atom. The van der Waals surface area contributed by atoms with Crippen LogP contribution in [0.25, 0.3) is 0 Å². The van der Waals surface area contributed by atoms with Gasteiger partial charge in [0.1, 0.15) is 0 Å². The predicted molar refractivity (Wildman–Crippen MR) is 120 cm³/mol. The quantitative estimate of drug-likeness (QED) is 0.554. The number of carbonyl (C=O) groups is 1. The molecular formula is C24H26N2O4S. The molecule has 0 aliphatic rings. The van der Waals surface area contributed by atoms with Gasteiger partial charge in [-0.25, -0.2) is 12.7 Å². The number of hydrogen-bond donors (Lipinski definition) is 1. The molecule has 0 saturated heterocycles. The van der Waals surface area contributed by atoms with E-state index in [-0.39, 0.29) is 10.8 Å². The molecule has 7 heteroatoms. The normalized spacial score (nSPS) is 11.5. The van der Waals surface area contributed by atoms with Crippen molar-refractivity contribution in [3.05, 3.63) is 101 Å². The molecule has 3 aromatic carbocycles. The molecular weight excluding hydrogens is 412 g/mol. The number of hydrogen-bond acceptors (Lipinski definition) is 4. The summed E-state index contributed by atoms with van der Waals surface area (Å²) in [5.41, 5.74) is 3.48. The summed E-state index contributed by atoms with van der Waals surface area (Å²) >= 11 is 0. The fourth-order valence-corrected chi connectivity index (χ4v) is 3.89. The molecule has 0 bridgehead atoms. The molecule has 162 valence electrons. The minimum absolute atomic E-state index is 0.148. The Hall–Kier alpha value is -3.00. The molecule has 0 saturated carbocycles. The monoisotopic (exact) mass is 438 g/mol. The van der Waals surface area contributed by atoms with Crippen LogP contribution in [0.1, 0.15) is 27.0 Å². The number of amides is 1. The number of ether oxygens (including phenoxy) is 1. The SMILES string of the molecule is CN(C)S(=O)(=O)c1ccc(C(=O)NCc2ccccc2COCc2ccccc2)cc1. The van der Waals surface area contributed by atoms with Gasteiger partial charge in [-0.2, -0.15) is 0 Å². The van der Waals surface area contributed by atoms with Gasteiger partial charge >= 0.3 is 0 Å². The maximum Gasteiger partial charge on any atom is 0.251 e. The van der Waals surface area contributed by atoms with E-state index >= 15 is 0 Å². The molecule has 0 heterocycles. The Morgan fingerprint density at radius 3 is 2.10 bits per heavy atom. The first-order chi connectivity index (χ1) is 14.9. The van der Waals surface area contributed by atoms with Crippen molar-refractivity contribution < 1.29 is 17.9 Å². The van der Waals surface area contributed by atoms with Gasteiger partial charge in [-0.05, 0) is 41.0 Å². The third-order valence-corrected chi connectivity index (χ3v) is 6.65. The van der Waals surface area contributed by atoms with Gasteiger partial charge in [0.2, 0.25) is 10.0 Å². The molecule has 0 aromatic heterocycles. The van der Waals surface area contributed by atoms with Crippen molar-refractivity contribution >= 4 is 15.9 Å². The lowest BCUT2D eigenvalue weighted by atomic mass is 10.1. The molecule has 0 fully saturated rings. The number of nitrogens with zero attached hydrogens (tertiary/aromatic N) is 1. The molecule has 0 radical (unpaired) electrons. The van der Waals surface area contributed by atoms with Crippen molar-refractivity contribution in [1.82, 2.24) is 9.62 Å². The van der Waals surface area contributed by atoms with Crippen molar-refractivity contribution in [3.8, 4) is 0 Å². The van der Waals surface area contributed by atoms with Gasteiger partial charge in [0.15, 0.2) is 0 Å². The van der Waals surface area contributed by atoms with Crippen LogP contribution in [0.2, 0.25) is 0 Å². The average molecular weight is 439 g/mol. The van der Waals surface area contributed by atoms with Crippen molar-refractivity contribution in [2.24, 2.45) is 0 Å². The molecule has 0 aliphatic heterocycles. The zero-order valence-corrected chi connectivity index (χ0v) is 18.4. The zero-order chi connectivity index (χ0) is 22.3. The molecule has 31 heavy (non-hydrogen) atoms. The number of sulfonamides is 1. The van der Waals surface area contributed by atoms with Crippen molar-refractivity contribution in [2.75, 3.05) is 14.1 Å². The summed E-state index contributed by atoms with van der Waals surface area (Å²) in [6.07, 6.45) is 0. The number of nitrogens with one attached hydrogen (secondary N) is 1. The van der Waals surface area contributed by atoms with Gasteiger partial charge in [0, 0.05) is 26.2 Å². The van der Waals surface area contributed by atoms with Crippen molar-refractivity contribution in [3.63, 3.8) is 0 Å². The van der Waals surface area contributed by atoms with E-state index in [2.05, 4.69) is 5.32 Å². The Bertz CT molecular complexity index is 1110. The van der Waals surface area contributed by atoms with Crippen LogP contribution in [0, 0.1) is 0 Å². The largest absolute Gasteiger partial charge is 0.372 e. The lowest BCUT2D eigenvalue weighted by molar-refractivity contribution is 0.0947. The first-order valence-corrected chi connectivity index (χ1v) is 11.3. The van der Waals surface area contributed by atoms with Gasteiger partial charge in [-0.1, -0.05) is 54.6 Å². The Labute approximate surface area is 183 Å². The number of rotatable bonds is 9. The third-order valence-electron chi connectivity index (χ3n) is 4.82. The highest BCUT2D eigenvalue weighted by atomic mass is 32.2. The van der Waals surface area contributed by atoms with Crippen LogP contribution in [0.15, 0.2) is 83.8 Å². The summed E-state index contributed by atoms with van der Waals surface area (Å²) in [6.45, 7) is 1.31. The molecule has 6 nitrogen and oxygen atoms in total. The molecule has 0 atom stereocenters. The summed E-state index contributed by atoms with van der Waals surface area (Å²) in [4.78, 5) is 12.7. The van der Waals surface area contributed by atoms with Crippen LogP contribution in [0.4, 0.5) is 0 Å². The van der Waals surface area contributed by atoms with Crippen molar-refractivity contribution in [2.45, 2.75) is 24.7 Å². The van der Waals surface area contributed by atoms with Crippen molar-refractivity contribution in [1.29, 1.82) is 0 Å². The third kappa shape index (κ3) is 6.01. The fraction of sp³-hybridized carbons (Fsp3) is 0.208. The van der Waals surface area contributed by atoms with E-state index in [1.807, 2.05) is 54.6 Å². The Kier molecular flexibility index (Phi) is 7.57. The average Bonchev–Trinajstić information content (AvgIpc) is 2.79. The maximum atomic E-state index is 12.5. The van der Waals surface area contributed by atoms with Gasteiger partial charge < -0.3 is 10.1 Å². The highest BCUT2D eigenvalue weighted by Crippen LogP contribution is 2.15. The fourth-order valence-electron chi connectivity index (χ4n) is 2.99. The van der Waals surface area contributed by atoms with E-state index in [9.17, 15) is 13.2 Å². The van der Waals surface area contributed by atoms with E-state index in [4.69, 9.17) is 4.74 Å². The number of carbonyl (C=O) groups excluding carboxylic acids is 1. The highest BCUT2D eigenvalue weighted by molar-refractivity contribution is 7.89. The Balaban J connectivity index is 1.59. The second-order valence-corrected chi connectivity index (χ2v) is 9.39. The summed E-state index contributed by atoms with van der Waals surface area (Å²) < 4.78 is 31.3. The second kappa shape index (κ2) is 10.3. The smallest absolute Gasteiger partial charge is 0.251 e. The molecule has 1 N–H and O–H groups in total. The lowest BCUT2D eigenvalue weighted by Crippen LogP contribution is -2.24. The van der Waals surface area contributed by atoms with E-state index in [0.717, 1.165) is 21.0 Å². The van der Waals surface area contributed by atoms with Crippen LogP contribution < -0.4 is 5.32 Å². The van der Waals surface area contributed by atoms with Gasteiger partial charge in [-0.3, -0.25) is 4.79 Å². The zero-order valence-electron chi connectivity index (χ0n) is 17.6. The maximum absolute atomic E-state index is 12.5. The minimum Gasteiger partial charge on any atom is -0.372 e. The molecule has 3 aromatic rings. The van der Waals surface area contributed by atoms with Crippen LogP contribution in [-0.2, 0) is 34.5 Å². The molecule has 1 amide bonds. The topological polar surface area (TPSA) is 75.7 Å². The second-order valence-electron chi connectivity index (χ2n) is 7.24. The lowest BCUT2D eigenvalue weighted by Gasteiger charge is -2.13. The highest BCUT2D eigenvalue weighted by Gasteiger charge is 2.17. The van der Waals surface area contributed by atoms with E-state index < -0.39 is 10.0 Å². The van der Waals surface area contributed by atoms with Gasteiger partial charge in [0.05, 0.1) is 18.1 Å². The van der Waals surface area contributed by atoms with Gasteiger partial charge in [0.25, 0.3) is 5.91 Å². The first-order valence-electron chi connectivity index (χ1n) is 9.87. The van der Waals surface area contributed by atoms with Crippen LogP contribution >= 0.6 is 0 Å². The first kappa shape index (κ1) is 22.7. The summed E-state index contributed by atoms with van der Waals surface area (Å²) in [5.74, 6) is -0.270. The molecule has 0 spiro atoms. The minimum atomic E-state index is -3.52. The van der Waals surface area contributed by atoms with Gasteiger partial charge in [-0.15, -0.1) is 0 Å². The molecule has 3 rings (SSSR count). The number of benzene rings is 3. The molecule has 0 unspecified atom stereocenters. The molecule has 0 aliphatic carbocycles. The Morgan fingerprint density at radius 1 is 0.839 bits per heavy atom. The van der Waals surface area contributed by atoms with Crippen LogP contribution in [-0.4, -0.2) is 32.7 Å². The summed E-state index contributed by atoms with van der Waals surface area (Å²) in [5, 5.41) is 2.89.